The van der Waals surface area contributed by atoms with Crippen molar-refractivity contribution in [1.29, 1.82) is 0 Å². The van der Waals surface area contributed by atoms with Crippen LogP contribution in [0.2, 0.25) is 0 Å². The maximum absolute atomic E-state index is 12.7. The number of alkyl halides is 3. The van der Waals surface area contributed by atoms with Crippen molar-refractivity contribution in [3.05, 3.63) is 28.2 Å². The number of likely N-dealkylation sites (tertiary alicyclic amines) is 1. The molecule has 1 aromatic rings. The van der Waals surface area contributed by atoms with Crippen LogP contribution in [0.3, 0.4) is 0 Å². The Bertz CT molecular complexity index is 533. The van der Waals surface area contributed by atoms with Gasteiger partial charge in [0.05, 0.1) is 5.92 Å². The highest BCUT2D eigenvalue weighted by molar-refractivity contribution is 9.10. The van der Waals surface area contributed by atoms with Crippen LogP contribution >= 0.6 is 15.9 Å². The number of amides is 2. The van der Waals surface area contributed by atoms with Gasteiger partial charge in [0.15, 0.2) is 0 Å². The highest BCUT2D eigenvalue weighted by Crippen LogP contribution is 2.33. The van der Waals surface area contributed by atoms with E-state index in [0.29, 0.717) is 18.7 Å². The first-order valence-electron chi connectivity index (χ1n) is 6.66. The number of rotatable bonds is 1. The molecule has 7 heteroatoms. The predicted molar refractivity (Wildman–Crippen MR) is 78.2 cm³/mol. The maximum atomic E-state index is 12.7. The van der Waals surface area contributed by atoms with Gasteiger partial charge in [-0.05, 0) is 43.5 Å². The minimum absolute atomic E-state index is 0.0880. The zero-order valence-corrected chi connectivity index (χ0v) is 13.1. The Labute approximate surface area is 129 Å². The molecule has 1 aliphatic heterocycles. The van der Waals surface area contributed by atoms with Gasteiger partial charge in [0.25, 0.3) is 0 Å². The molecule has 0 aromatic heterocycles. The summed E-state index contributed by atoms with van der Waals surface area (Å²) in [5, 5.41) is 2.65. The van der Waals surface area contributed by atoms with Gasteiger partial charge in [0, 0.05) is 23.2 Å². The standard InChI is InChI=1S/C14H16BrF3N2O/c1-9-7-11(4-5-12(9)15)19-13(21)20-6-2-3-10(8-20)14(16,17)18/h4-5,7,10H,2-3,6,8H2,1H3,(H,19,21)/t10-/m0/s1. The second-order valence-electron chi connectivity index (χ2n) is 5.22. The van der Waals surface area contributed by atoms with E-state index in [-0.39, 0.29) is 13.0 Å². The van der Waals surface area contributed by atoms with Gasteiger partial charge >= 0.3 is 12.2 Å². The van der Waals surface area contributed by atoms with Gasteiger partial charge in [-0.25, -0.2) is 4.79 Å². The lowest BCUT2D eigenvalue weighted by Gasteiger charge is -2.33. The number of piperidine rings is 1. The van der Waals surface area contributed by atoms with Gasteiger partial charge in [-0.1, -0.05) is 15.9 Å². The topological polar surface area (TPSA) is 32.3 Å². The molecule has 3 nitrogen and oxygen atoms in total. The van der Waals surface area contributed by atoms with E-state index in [9.17, 15) is 18.0 Å². The molecule has 0 radical (unpaired) electrons. The molecule has 0 saturated carbocycles. The molecule has 1 saturated heterocycles. The lowest BCUT2D eigenvalue weighted by Crippen LogP contribution is -2.46. The largest absolute Gasteiger partial charge is 0.393 e. The average molecular weight is 365 g/mol. The first-order valence-corrected chi connectivity index (χ1v) is 7.45. The van der Waals surface area contributed by atoms with Gasteiger partial charge in [-0.2, -0.15) is 13.2 Å². The van der Waals surface area contributed by atoms with Crippen LogP contribution in [0.25, 0.3) is 0 Å². The number of benzene rings is 1. The number of nitrogens with one attached hydrogen (secondary N) is 1. The van der Waals surface area contributed by atoms with Crippen molar-refractivity contribution in [3.8, 4) is 0 Å². The summed E-state index contributed by atoms with van der Waals surface area (Å²) in [7, 11) is 0. The summed E-state index contributed by atoms with van der Waals surface area (Å²) in [4.78, 5) is 13.3. The number of hydrogen-bond donors (Lipinski definition) is 1. The number of nitrogens with zero attached hydrogens (tertiary/aromatic N) is 1. The Hall–Kier alpha value is -1.24. The smallest absolute Gasteiger partial charge is 0.324 e. The van der Waals surface area contributed by atoms with Crippen LogP contribution in [0.4, 0.5) is 23.7 Å². The van der Waals surface area contributed by atoms with Gasteiger partial charge < -0.3 is 10.2 Å². The normalized spacial score (nSPS) is 19.5. The van der Waals surface area contributed by atoms with Crippen molar-refractivity contribution in [3.63, 3.8) is 0 Å². The second kappa shape index (κ2) is 6.25. The number of carbonyl (C=O) groups is 1. The second-order valence-corrected chi connectivity index (χ2v) is 6.08. The molecule has 2 amide bonds. The first kappa shape index (κ1) is 16.1. The summed E-state index contributed by atoms with van der Waals surface area (Å²) >= 11 is 3.35. The number of urea groups is 1. The Kier molecular flexibility index (Phi) is 4.81. The van der Waals surface area contributed by atoms with Crippen molar-refractivity contribution in [2.45, 2.75) is 25.9 Å². The molecule has 0 spiro atoms. The van der Waals surface area contributed by atoms with E-state index >= 15 is 0 Å². The molecule has 1 aliphatic rings. The molecular weight excluding hydrogens is 349 g/mol. The summed E-state index contributed by atoms with van der Waals surface area (Å²) in [5.41, 5.74) is 1.52. The third-order valence-corrected chi connectivity index (χ3v) is 4.47. The molecule has 1 N–H and O–H groups in total. The van der Waals surface area contributed by atoms with Crippen molar-refractivity contribution in [2.75, 3.05) is 18.4 Å². The van der Waals surface area contributed by atoms with E-state index in [1.54, 1.807) is 18.2 Å². The third-order valence-electron chi connectivity index (χ3n) is 3.58. The average Bonchev–Trinajstić information content (AvgIpc) is 2.42. The van der Waals surface area contributed by atoms with Crippen LogP contribution in [-0.4, -0.2) is 30.2 Å². The van der Waals surface area contributed by atoms with Crippen molar-refractivity contribution >= 4 is 27.6 Å². The molecule has 0 aliphatic carbocycles. The molecular formula is C14H16BrF3N2O. The Morgan fingerprint density at radius 1 is 1.43 bits per heavy atom. The third kappa shape index (κ3) is 4.12. The minimum atomic E-state index is -4.24. The van der Waals surface area contributed by atoms with Gasteiger partial charge in [0.1, 0.15) is 0 Å². The highest BCUT2D eigenvalue weighted by Gasteiger charge is 2.42. The summed E-state index contributed by atoms with van der Waals surface area (Å²) in [6.45, 7) is 1.96. The predicted octanol–water partition coefficient (Wildman–Crippen LogP) is 4.56. The number of carbonyl (C=O) groups excluding carboxylic acids is 1. The minimum Gasteiger partial charge on any atom is -0.324 e. The number of anilines is 1. The Morgan fingerprint density at radius 2 is 2.14 bits per heavy atom. The summed E-state index contributed by atoms with van der Waals surface area (Å²) in [5.74, 6) is -1.43. The van der Waals surface area contributed by atoms with Gasteiger partial charge in [-0.15, -0.1) is 0 Å². The fourth-order valence-electron chi connectivity index (χ4n) is 2.35. The molecule has 1 atom stereocenters. The fourth-order valence-corrected chi connectivity index (χ4v) is 2.60. The fraction of sp³-hybridized carbons (Fsp3) is 0.500. The SMILES string of the molecule is Cc1cc(NC(=O)N2CCC[C@H](C(F)(F)F)C2)ccc1Br. The Balaban J connectivity index is 2.01. The lowest BCUT2D eigenvalue weighted by atomic mass is 9.98. The number of halogens is 4. The van der Waals surface area contributed by atoms with Crippen molar-refractivity contribution < 1.29 is 18.0 Å². The van der Waals surface area contributed by atoms with Crippen molar-refractivity contribution in [1.82, 2.24) is 4.90 Å². The maximum Gasteiger partial charge on any atom is 0.393 e. The molecule has 21 heavy (non-hydrogen) atoms. The van der Waals surface area contributed by atoms with Crippen LogP contribution < -0.4 is 5.32 Å². The zero-order valence-electron chi connectivity index (χ0n) is 11.5. The number of aryl methyl sites for hydroxylation is 1. The number of hydrogen-bond acceptors (Lipinski definition) is 1. The van der Waals surface area contributed by atoms with Crippen LogP contribution in [-0.2, 0) is 0 Å². The zero-order chi connectivity index (χ0) is 15.6. The van der Waals surface area contributed by atoms with Crippen LogP contribution in [0.5, 0.6) is 0 Å². The Morgan fingerprint density at radius 3 is 2.76 bits per heavy atom. The van der Waals surface area contributed by atoms with Crippen molar-refractivity contribution in [2.24, 2.45) is 5.92 Å². The van der Waals surface area contributed by atoms with Crippen LogP contribution in [0.1, 0.15) is 18.4 Å². The summed E-state index contributed by atoms with van der Waals surface area (Å²) < 4.78 is 39.1. The highest BCUT2D eigenvalue weighted by atomic mass is 79.9. The van der Waals surface area contributed by atoms with E-state index < -0.39 is 18.1 Å². The summed E-state index contributed by atoms with van der Waals surface area (Å²) in [6.07, 6.45) is -3.78. The molecule has 2 rings (SSSR count). The monoisotopic (exact) mass is 364 g/mol. The van der Waals surface area contributed by atoms with E-state index in [2.05, 4.69) is 21.2 Å². The van der Waals surface area contributed by atoms with E-state index in [1.165, 1.54) is 4.90 Å². The van der Waals surface area contributed by atoms with E-state index in [0.717, 1.165) is 10.0 Å². The van der Waals surface area contributed by atoms with Gasteiger partial charge in [0.2, 0.25) is 0 Å². The molecule has 1 fully saturated rings. The van der Waals surface area contributed by atoms with Crippen LogP contribution in [0.15, 0.2) is 22.7 Å². The van der Waals surface area contributed by atoms with Crippen LogP contribution in [0, 0.1) is 12.8 Å². The molecule has 116 valence electrons. The summed E-state index contributed by atoms with van der Waals surface area (Å²) in [6, 6.07) is 4.79. The lowest BCUT2D eigenvalue weighted by molar-refractivity contribution is -0.183. The van der Waals surface area contributed by atoms with E-state index in [1.807, 2.05) is 6.92 Å². The molecule has 0 bridgehead atoms. The van der Waals surface area contributed by atoms with Gasteiger partial charge in [-0.3, -0.25) is 0 Å². The van der Waals surface area contributed by atoms with E-state index in [4.69, 9.17) is 0 Å². The quantitative estimate of drug-likeness (QED) is 0.777. The molecule has 1 heterocycles. The molecule has 1 aromatic carbocycles. The molecule has 0 unspecified atom stereocenters. The first-order chi connectivity index (χ1) is 9.77.